The van der Waals surface area contributed by atoms with Crippen molar-refractivity contribution >= 4 is 27.7 Å². The fourth-order valence-corrected chi connectivity index (χ4v) is 3.18. The van der Waals surface area contributed by atoms with Crippen LogP contribution in [0.3, 0.4) is 0 Å². The van der Waals surface area contributed by atoms with E-state index in [0.717, 1.165) is 10.0 Å². The van der Waals surface area contributed by atoms with E-state index in [4.69, 9.17) is 9.26 Å². The van der Waals surface area contributed by atoms with E-state index in [-0.39, 0.29) is 12.3 Å². The first kappa shape index (κ1) is 20.8. The Morgan fingerprint density at radius 2 is 2.03 bits per heavy atom. The summed E-state index contributed by atoms with van der Waals surface area (Å²) in [6, 6.07) is 15.4. The topological polar surface area (TPSA) is 82.2 Å². The van der Waals surface area contributed by atoms with E-state index >= 15 is 0 Å². The van der Waals surface area contributed by atoms with Crippen molar-refractivity contribution in [3.8, 4) is 5.75 Å². The zero-order chi connectivity index (χ0) is 21.8. The maximum absolute atomic E-state index is 13.3. The number of ether oxygens (including phenoxy) is 1. The molecule has 0 saturated heterocycles. The van der Waals surface area contributed by atoms with Crippen LogP contribution in [0.2, 0.25) is 0 Å². The van der Waals surface area contributed by atoms with Crippen LogP contribution in [-0.4, -0.2) is 20.8 Å². The van der Waals surface area contributed by atoms with Crippen LogP contribution in [0.4, 0.5) is 10.2 Å². The number of anilines is 1. The highest BCUT2D eigenvalue weighted by Gasteiger charge is 2.21. The summed E-state index contributed by atoms with van der Waals surface area (Å²) in [6.45, 7) is 2.26. The van der Waals surface area contributed by atoms with E-state index in [1.54, 1.807) is 36.0 Å². The van der Waals surface area contributed by atoms with Gasteiger partial charge in [0.1, 0.15) is 23.9 Å². The van der Waals surface area contributed by atoms with Crippen molar-refractivity contribution in [3.63, 3.8) is 0 Å². The zero-order valence-electron chi connectivity index (χ0n) is 16.5. The molecule has 7 nitrogen and oxygen atoms in total. The third-order valence-electron chi connectivity index (χ3n) is 4.52. The highest BCUT2D eigenvalue weighted by atomic mass is 79.9. The molecule has 0 fully saturated rings. The monoisotopic (exact) mass is 484 g/mol. The number of carbonyl (C=O) groups excluding carboxylic acids is 1. The summed E-state index contributed by atoms with van der Waals surface area (Å²) < 4.78 is 26.8. The summed E-state index contributed by atoms with van der Waals surface area (Å²) in [5.41, 5.74) is 1.65. The van der Waals surface area contributed by atoms with Crippen LogP contribution in [0, 0.1) is 12.7 Å². The normalized spacial score (nSPS) is 10.8. The Morgan fingerprint density at radius 3 is 2.81 bits per heavy atom. The predicted molar refractivity (Wildman–Crippen MR) is 115 cm³/mol. The lowest BCUT2D eigenvalue weighted by atomic mass is 10.2. The summed E-state index contributed by atoms with van der Waals surface area (Å²) in [4.78, 5) is 12.7. The van der Waals surface area contributed by atoms with Crippen molar-refractivity contribution in [1.82, 2.24) is 14.9 Å². The first-order valence-electron chi connectivity index (χ1n) is 9.41. The zero-order valence-corrected chi connectivity index (χ0v) is 18.1. The Balaban J connectivity index is 1.42. The minimum absolute atomic E-state index is 0.0134. The molecular formula is C22H18BrFN4O3. The minimum Gasteiger partial charge on any atom is -0.489 e. The minimum atomic E-state index is -0.469. The molecule has 1 amide bonds. The van der Waals surface area contributed by atoms with Crippen LogP contribution >= 0.6 is 15.9 Å². The number of amides is 1. The van der Waals surface area contributed by atoms with Gasteiger partial charge >= 0.3 is 0 Å². The standard InChI is InChI=1S/C22H18BrFN4O3/c1-14-19(13-30-18-4-2-3-17(24)11-18)21(27-31-14)22(29)25-20-9-10-28(26-20)12-15-5-7-16(23)8-6-15/h2-11H,12-13H2,1H3,(H,25,26,29). The Kier molecular flexibility index (Phi) is 6.13. The summed E-state index contributed by atoms with van der Waals surface area (Å²) in [7, 11) is 0. The molecule has 0 aliphatic heterocycles. The number of aromatic nitrogens is 3. The van der Waals surface area contributed by atoms with Gasteiger partial charge in [0.05, 0.1) is 12.1 Å². The lowest BCUT2D eigenvalue weighted by molar-refractivity contribution is 0.101. The molecule has 31 heavy (non-hydrogen) atoms. The fourth-order valence-electron chi connectivity index (χ4n) is 2.92. The van der Waals surface area contributed by atoms with Crippen LogP contribution in [0.5, 0.6) is 5.75 Å². The van der Waals surface area contributed by atoms with E-state index in [1.165, 1.54) is 12.1 Å². The van der Waals surface area contributed by atoms with Crippen LogP contribution in [0.1, 0.15) is 27.4 Å². The van der Waals surface area contributed by atoms with Crippen LogP contribution in [-0.2, 0) is 13.2 Å². The molecule has 4 rings (SSSR count). The molecule has 0 unspecified atom stereocenters. The maximum atomic E-state index is 13.3. The van der Waals surface area contributed by atoms with Gasteiger partial charge in [-0.25, -0.2) is 4.39 Å². The molecular weight excluding hydrogens is 467 g/mol. The van der Waals surface area contributed by atoms with Gasteiger partial charge < -0.3 is 14.6 Å². The quantitative estimate of drug-likeness (QED) is 0.400. The second-order valence-corrected chi connectivity index (χ2v) is 7.71. The average Bonchev–Trinajstić information content (AvgIpc) is 3.34. The summed E-state index contributed by atoms with van der Waals surface area (Å²) in [6.07, 6.45) is 1.78. The van der Waals surface area contributed by atoms with Gasteiger partial charge in [-0.15, -0.1) is 0 Å². The smallest absolute Gasteiger partial charge is 0.279 e. The van der Waals surface area contributed by atoms with Crippen molar-refractivity contribution in [2.45, 2.75) is 20.1 Å². The van der Waals surface area contributed by atoms with Crippen molar-refractivity contribution in [2.24, 2.45) is 0 Å². The third kappa shape index (κ3) is 5.18. The van der Waals surface area contributed by atoms with Gasteiger partial charge in [-0.05, 0) is 36.8 Å². The van der Waals surface area contributed by atoms with Gasteiger partial charge in [0.15, 0.2) is 11.5 Å². The first-order valence-corrected chi connectivity index (χ1v) is 10.2. The summed E-state index contributed by atoms with van der Waals surface area (Å²) >= 11 is 3.41. The molecule has 0 radical (unpaired) electrons. The summed E-state index contributed by atoms with van der Waals surface area (Å²) in [5.74, 6) is 0.306. The maximum Gasteiger partial charge on any atom is 0.279 e. The molecule has 158 valence electrons. The molecule has 0 atom stereocenters. The van der Waals surface area contributed by atoms with E-state index in [0.29, 0.717) is 29.4 Å². The Bertz CT molecular complexity index is 1200. The second-order valence-electron chi connectivity index (χ2n) is 6.79. The largest absolute Gasteiger partial charge is 0.489 e. The van der Waals surface area contributed by atoms with Gasteiger partial charge in [0, 0.05) is 22.8 Å². The average molecular weight is 485 g/mol. The van der Waals surface area contributed by atoms with Crippen molar-refractivity contribution in [3.05, 3.63) is 93.7 Å². The SMILES string of the molecule is Cc1onc(C(=O)Nc2ccn(Cc3ccc(Br)cc3)n2)c1COc1cccc(F)c1. The Morgan fingerprint density at radius 1 is 1.23 bits per heavy atom. The van der Waals surface area contributed by atoms with E-state index in [1.807, 2.05) is 24.3 Å². The van der Waals surface area contributed by atoms with Crippen LogP contribution < -0.4 is 10.1 Å². The number of halogens is 2. The molecule has 0 spiro atoms. The number of carbonyl (C=O) groups is 1. The molecule has 0 saturated carbocycles. The van der Waals surface area contributed by atoms with Gasteiger partial charge in [0.25, 0.3) is 5.91 Å². The van der Waals surface area contributed by atoms with Crippen molar-refractivity contribution < 1.29 is 18.4 Å². The molecule has 0 aliphatic carbocycles. The third-order valence-corrected chi connectivity index (χ3v) is 5.05. The number of hydrogen-bond donors (Lipinski definition) is 1. The van der Waals surface area contributed by atoms with Gasteiger partial charge in [-0.1, -0.05) is 39.3 Å². The number of aryl methyl sites for hydroxylation is 1. The fraction of sp³-hybridized carbons (Fsp3) is 0.136. The summed E-state index contributed by atoms with van der Waals surface area (Å²) in [5, 5.41) is 10.9. The highest BCUT2D eigenvalue weighted by molar-refractivity contribution is 9.10. The first-order chi connectivity index (χ1) is 15.0. The second kappa shape index (κ2) is 9.13. The molecule has 2 aromatic carbocycles. The lowest BCUT2D eigenvalue weighted by Gasteiger charge is -2.07. The molecule has 9 heteroatoms. The molecule has 0 bridgehead atoms. The van der Waals surface area contributed by atoms with Gasteiger partial charge in [-0.2, -0.15) is 5.10 Å². The Hall–Kier alpha value is -3.46. The lowest BCUT2D eigenvalue weighted by Crippen LogP contribution is -2.16. The molecule has 2 aromatic heterocycles. The van der Waals surface area contributed by atoms with Gasteiger partial charge in [0.2, 0.25) is 0 Å². The molecule has 1 N–H and O–H groups in total. The van der Waals surface area contributed by atoms with Crippen molar-refractivity contribution in [1.29, 1.82) is 0 Å². The Labute approximate surface area is 185 Å². The van der Waals surface area contributed by atoms with E-state index in [2.05, 4.69) is 31.5 Å². The molecule has 2 heterocycles. The molecule has 0 aliphatic rings. The number of nitrogens with zero attached hydrogens (tertiary/aromatic N) is 3. The number of benzene rings is 2. The predicted octanol–water partition coefficient (Wildman–Crippen LogP) is 4.96. The molecule has 4 aromatic rings. The van der Waals surface area contributed by atoms with Crippen LogP contribution in [0.15, 0.2) is 69.8 Å². The van der Waals surface area contributed by atoms with Gasteiger partial charge in [-0.3, -0.25) is 9.48 Å². The number of rotatable bonds is 7. The number of nitrogens with one attached hydrogen (secondary N) is 1. The number of hydrogen-bond acceptors (Lipinski definition) is 5. The van der Waals surface area contributed by atoms with E-state index < -0.39 is 11.7 Å². The highest BCUT2D eigenvalue weighted by Crippen LogP contribution is 2.20. The van der Waals surface area contributed by atoms with Crippen LogP contribution in [0.25, 0.3) is 0 Å². The van der Waals surface area contributed by atoms with Crippen molar-refractivity contribution in [2.75, 3.05) is 5.32 Å². The van der Waals surface area contributed by atoms with E-state index in [9.17, 15) is 9.18 Å².